The maximum absolute atomic E-state index is 6.21. The van der Waals surface area contributed by atoms with Crippen LogP contribution in [0.5, 0.6) is 5.75 Å². The lowest BCUT2D eigenvalue weighted by Crippen LogP contribution is -2.17. The Morgan fingerprint density at radius 2 is 1.89 bits per heavy atom. The van der Waals surface area contributed by atoms with E-state index in [0.29, 0.717) is 0 Å². The van der Waals surface area contributed by atoms with E-state index in [1.54, 1.807) is 7.11 Å². The number of aromatic nitrogens is 1. The summed E-state index contributed by atoms with van der Waals surface area (Å²) in [6.45, 7) is 3.73. The summed E-state index contributed by atoms with van der Waals surface area (Å²) in [5.41, 5.74) is 5.38. The highest BCUT2D eigenvalue weighted by atomic mass is 16.5. The van der Waals surface area contributed by atoms with Crippen molar-refractivity contribution in [1.29, 1.82) is 0 Å². The molecule has 4 nitrogen and oxygen atoms in total. The molecule has 0 amide bonds. The van der Waals surface area contributed by atoms with Gasteiger partial charge in [-0.15, -0.1) is 0 Å². The first-order valence-corrected chi connectivity index (χ1v) is 9.52. The molecule has 2 aromatic heterocycles. The van der Waals surface area contributed by atoms with Crippen LogP contribution in [0.15, 0.2) is 71.3 Å². The van der Waals surface area contributed by atoms with Gasteiger partial charge in [-0.3, -0.25) is 4.98 Å². The predicted octanol–water partition coefficient (Wildman–Crippen LogP) is 5.14. The molecule has 4 heteroatoms. The molecule has 0 aliphatic heterocycles. The maximum atomic E-state index is 6.21. The number of nitrogens with one attached hydrogen (secondary N) is 1. The zero-order valence-corrected chi connectivity index (χ0v) is 16.2. The van der Waals surface area contributed by atoms with Crippen LogP contribution in [-0.2, 0) is 13.0 Å². The van der Waals surface area contributed by atoms with Crippen molar-refractivity contribution < 1.29 is 9.15 Å². The third-order valence-electron chi connectivity index (χ3n) is 4.97. The SMILES string of the molecule is COc1ccc(CNCCc2ccccn2)c2cc(-c3ccccc3C)oc12. The Kier molecular flexibility index (Phi) is 5.40. The fourth-order valence-corrected chi connectivity index (χ4v) is 3.44. The number of benzene rings is 2. The van der Waals surface area contributed by atoms with Gasteiger partial charge in [-0.05, 0) is 42.3 Å². The van der Waals surface area contributed by atoms with Crippen LogP contribution >= 0.6 is 0 Å². The molecule has 2 heterocycles. The first kappa shape index (κ1) is 18.3. The summed E-state index contributed by atoms with van der Waals surface area (Å²) < 4.78 is 11.7. The summed E-state index contributed by atoms with van der Waals surface area (Å²) in [6.07, 6.45) is 2.74. The molecule has 4 rings (SSSR count). The van der Waals surface area contributed by atoms with E-state index in [0.717, 1.165) is 53.2 Å². The Balaban J connectivity index is 1.57. The van der Waals surface area contributed by atoms with Crippen molar-refractivity contribution in [2.45, 2.75) is 19.9 Å². The number of fused-ring (bicyclic) bond motifs is 1. The summed E-state index contributed by atoms with van der Waals surface area (Å²) in [7, 11) is 1.68. The van der Waals surface area contributed by atoms with E-state index in [-0.39, 0.29) is 0 Å². The minimum atomic E-state index is 0.757. The number of methoxy groups -OCH3 is 1. The van der Waals surface area contributed by atoms with Crippen molar-refractivity contribution in [2.75, 3.05) is 13.7 Å². The summed E-state index contributed by atoms with van der Waals surface area (Å²) in [6, 6.07) is 20.5. The minimum Gasteiger partial charge on any atom is -0.493 e. The second-order valence-electron chi connectivity index (χ2n) is 6.84. The van der Waals surface area contributed by atoms with Crippen LogP contribution in [0.2, 0.25) is 0 Å². The molecule has 0 bridgehead atoms. The van der Waals surface area contributed by atoms with Gasteiger partial charge < -0.3 is 14.5 Å². The summed E-state index contributed by atoms with van der Waals surface area (Å²) in [5.74, 6) is 1.62. The largest absolute Gasteiger partial charge is 0.493 e. The average Bonchev–Trinajstić information content (AvgIpc) is 3.18. The summed E-state index contributed by atoms with van der Waals surface area (Å²) in [5, 5.41) is 4.60. The Hall–Kier alpha value is -3.11. The number of hydrogen-bond donors (Lipinski definition) is 1. The van der Waals surface area contributed by atoms with Crippen molar-refractivity contribution in [1.82, 2.24) is 10.3 Å². The molecule has 0 saturated heterocycles. The number of nitrogens with zero attached hydrogens (tertiary/aromatic N) is 1. The fraction of sp³-hybridized carbons (Fsp3) is 0.208. The van der Waals surface area contributed by atoms with Crippen molar-refractivity contribution >= 4 is 11.0 Å². The highest BCUT2D eigenvalue weighted by molar-refractivity contribution is 5.90. The predicted molar refractivity (Wildman–Crippen MR) is 113 cm³/mol. The van der Waals surface area contributed by atoms with Gasteiger partial charge in [0.05, 0.1) is 7.11 Å². The van der Waals surface area contributed by atoms with E-state index in [1.165, 1.54) is 11.1 Å². The van der Waals surface area contributed by atoms with E-state index >= 15 is 0 Å². The molecule has 0 fully saturated rings. The zero-order valence-electron chi connectivity index (χ0n) is 16.2. The molecular formula is C24H24N2O2. The molecule has 142 valence electrons. The van der Waals surface area contributed by atoms with Crippen LogP contribution in [-0.4, -0.2) is 18.6 Å². The molecule has 0 saturated carbocycles. The van der Waals surface area contributed by atoms with Gasteiger partial charge in [-0.25, -0.2) is 0 Å². The van der Waals surface area contributed by atoms with Crippen molar-refractivity contribution in [3.8, 4) is 17.1 Å². The number of pyridine rings is 1. The maximum Gasteiger partial charge on any atom is 0.176 e. The first-order valence-electron chi connectivity index (χ1n) is 9.52. The Morgan fingerprint density at radius 1 is 1.04 bits per heavy atom. The van der Waals surface area contributed by atoms with Gasteiger partial charge in [0.25, 0.3) is 0 Å². The lowest BCUT2D eigenvalue weighted by molar-refractivity contribution is 0.410. The van der Waals surface area contributed by atoms with Crippen LogP contribution in [0.25, 0.3) is 22.3 Å². The van der Waals surface area contributed by atoms with E-state index in [1.807, 2.05) is 36.5 Å². The number of rotatable bonds is 7. The number of furan rings is 1. The van der Waals surface area contributed by atoms with Crippen LogP contribution in [0, 0.1) is 6.92 Å². The molecule has 2 aromatic carbocycles. The van der Waals surface area contributed by atoms with Crippen molar-refractivity contribution in [3.63, 3.8) is 0 Å². The molecule has 28 heavy (non-hydrogen) atoms. The standard InChI is InChI=1S/C24H24N2O2/c1-17-7-3-4-9-20(17)23-15-21-18(10-11-22(27-2)24(21)28-23)16-25-14-12-19-8-5-6-13-26-19/h3-11,13,15,25H,12,14,16H2,1-2H3. The van der Waals surface area contributed by atoms with Crippen LogP contribution < -0.4 is 10.1 Å². The third-order valence-corrected chi connectivity index (χ3v) is 4.97. The van der Waals surface area contributed by atoms with Crippen LogP contribution in [0.1, 0.15) is 16.8 Å². The number of aryl methyl sites for hydroxylation is 1. The summed E-state index contributed by atoms with van der Waals surface area (Å²) in [4.78, 5) is 4.37. The molecule has 0 radical (unpaired) electrons. The minimum absolute atomic E-state index is 0.757. The molecule has 1 N–H and O–H groups in total. The molecule has 4 aromatic rings. The average molecular weight is 372 g/mol. The second kappa shape index (κ2) is 8.28. The van der Waals surface area contributed by atoms with Crippen LogP contribution in [0.4, 0.5) is 0 Å². The third kappa shape index (κ3) is 3.78. The van der Waals surface area contributed by atoms with Crippen LogP contribution in [0.3, 0.4) is 0 Å². The number of hydrogen-bond acceptors (Lipinski definition) is 4. The van der Waals surface area contributed by atoms with Gasteiger partial charge in [0.2, 0.25) is 0 Å². The zero-order chi connectivity index (χ0) is 19.3. The molecular weight excluding hydrogens is 348 g/mol. The van der Waals surface area contributed by atoms with Crippen molar-refractivity contribution in [3.05, 3.63) is 83.7 Å². The first-order chi connectivity index (χ1) is 13.8. The van der Waals surface area contributed by atoms with Gasteiger partial charge in [0, 0.05) is 42.4 Å². The lowest BCUT2D eigenvalue weighted by Gasteiger charge is -2.08. The highest BCUT2D eigenvalue weighted by Gasteiger charge is 2.15. The van der Waals surface area contributed by atoms with Gasteiger partial charge in [0.15, 0.2) is 11.3 Å². The molecule has 0 atom stereocenters. The van der Waals surface area contributed by atoms with Gasteiger partial charge in [-0.1, -0.05) is 36.4 Å². The number of ether oxygens (including phenoxy) is 1. The van der Waals surface area contributed by atoms with Crippen molar-refractivity contribution in [2.24, 2.45) is 0 Å². The smallest absolute Gasteiger partial charge is 0.176 e. The normalized spacial score (nSPS) is 11.1. The lowest BCUT2D eigenvalue weighted by atomic mass is 10.0. The second-order valence-corrected chi connectivity index (χ2v) is 6.84. The molecule has 0 aliphatic carbocycles. The molecule has 0 unspecified atom stereocenters. The van der Waals surface area contributed by atoms with E-state index in [9.17, 15) is 0 Å². The van der Waals surface area contributed by atoms with Gasteiger partial charge in [-0.2, -0.15) is 0 Å². The van der Waals surface area contributed by atoms with E-state index in [4.69, 9.17) is 9.15 Å². The van der Waals surface area contributed by atoms with E-state index in [2.05, 4.69) is 47.6 Å². The summed E-state index contributed by atoms with van der Waals surface area (Å²) >= 11 is 0. The Bertz CT molecular complexity index is 1070. The van der Waals surface area contributed by atoms with E-state index < -0.39 is 0 Å². The fourth-order valence-electron chi connectivity index (χ4n) is 3.44. The quantitative estimate of drug-likeness (QED) is 0.456. The highest BCUT2D eigenvalue weighted by Crippen LogP contribution is 2.36. The topological polar surface area (TPSA) is 47.3 Å². The molecule has 0 aliphatic rings. The van der Waals surface area contributed by atoms with Gasteiger partial charge >= 0.3 is 0 Å². The molecule has 0 spiro atoms. The van der Waals surface area contributed by atoms with Gasteiger partial charge in [0.1, 0.15) is 5.76 Å². The Morgan fingerprint density at radius 3 is 2.68 bits per heavy atom. The Labute approximate surface area is 165 Å². The monoisotopic (exact) mass is 372 g/mol.